The molecule has 118 valence electrons. The first-order chi connectivity index (χ1) is 9.45. The van der Waals surface area contributed by atoms with Gasteiger partial charge in [-0.3, -0.25) is 0 Å². The lowest BCUT2D eigenvalue weighted by Gasteiger charge is -2.30. The molecule has 20 heavy (non-hydrogen) atoms. The lowest BCUT2D eigenvalue weighted by molar-refractivity contribution is 0.107. The van der Waals surface area contributed by atoms with Crippen LogP contribution in [0.3, 0.4) is 0 Å². The molecule has 2 heteroatoms. The van der Waals surface area contributed by atoms with Crippen LogP contribution in [-0.4, -0.2) is 23.8 Å². The molecule has 2 N–H and O–H groups in total. The molecule has 0 aliphatic heterocycles. The van der Waals surface area contributed by atoms with E-state index < -0.39 is 0 Å². The summed E-state index contributed by atoms with van der Waals surface area (Å²) in [6, 6.07) is 0.745. The van der Waals surface area contributed by atoms with Crippen LogP contribution in [0, 0.1) is 17.3 Å². The molecule has 0 heterocycles. The van der Waals surface area contributed by atoms with Gasteiger partial charge in [0.15, 0.2) is 0 Å². The van der Waals surface area contributed by atoms with Gasteiger partial charge in [0.1, 0.15) is 0 Å². The van der Waals surface area contributed by atoms with Gasteiger partial charge in [-0.25, -0.2) is 0 Å². The Bertz CT molecular complexity index is 276. The van der Waals surface area contributed by atoms with Gasteiger partial charge in [-0.05, 0) is 75.2 Å². The van der Waals surface area contributed by atoms with Crippen LogP contribution in [0.2, 0.25) is 0 Å². The zero-order valence-corrected chi connectivity index (χ0v) is 13.8. The van der Waals surface area contributed by atoms with E-state index in [0.717, 1.165) is 30.7 Å². The second-order valence-electron chi connectivity index (χ2n) is 8.35. The minimum atomic E-state index is -0.0170. The molecule has 0 aromatic heterocycles. The molecule has 2 atom stereocenters. The van der Waals surface area contributed by atoms with Crippen molar-refractivity contribution in [1.82, 2.24) is 5.32 Å². The number of hydrogen-bond donors (Lipinski definition) is 2. The summed E-state index contributed by atoms with van der Waals surface area (Å²) in [5, 5.41) is 13.4. The Hall–Kier alpha value is -0.0800. The molecule has 0 bridgehead atoms. The summed E-state index contributed by atoms with van der Waals surface area (Å²) in [5.74, 6) is 1.71. The van der Waals surface area contributed by atoms with Gasteiger partial charge in [-0.2, -0.15) is 0 Å². The Morgan fingerprint density at radius 3 is 2.25 bits per heavy atom. The van der Waals surface area contributed by atoms with E-state index in [9.17, 15) is 5.11 Å². The van der Waals surface area contributed by atoms with E-state index in [1.54, 1.807) is 0 Å². The molecule has 2 fully saturated rings. The van der Waals surface area contributed by atoms with Crippen LogP contribution in [0.1, 0.15) is 78.6 Å². The fourth-order valence-electron chi connectivity index (χ4n) is 4.05. The minimum Gasteiger partial charge on any atom is -0.393 e. The fourth-order valence-corrected chi connectivity index (χ4v) is 4.05. The highest BCUT2D eigenvalue weighted by Gasteiger charge is 2.28. The maximum atomic E-state index is 9.57. The molecule has 2 aliphatic carbocycles. The Labute approximate surface area is 125 Å². The van der Waals surface area contributed by atoms with E-state index >= 15 is 0 Å². The van der Waals surface area contributed by atoms with Crippen LogP contribution in [0.25, 0.3) is 0 Å². The molecule has 2 aliphatic rings. The zero-order valence-electron chi connectivity index (χ0n) is 13.8. The molecule has 0 aromatic rings. The van der Waals surface area contributed by atoms with Crippen molar-refractivity contribution in [1.29, 1.82) is 0 Å². The maximum absolute atomic E-state index is 9.57. The van der Waals surface area contributed by atoms with Crippen molar-refractivity contribution in [2.24, 2.45) is 17.3 Å². The van der Waals surface area contributed by atoms with Crippen molar-refractivity contribution < 1.29 is 5.11 Å². The van der Waals surface area contributed by atoms with Crippen molar-refractivity contribution in [3.63, 3.8) is 0 Å². The van der Waals surface area contributed by atoms with E-state index in [0.29, 0.717) is 5.41 Å². The van der Waals surface area contributed by atoms with E-state index in [-0.39, 0.29) is 6.10 Å². The van der Waals surface area contributed by atoms with Gasteiger partial charge in [0.05, 0.1) is 6.10 Å². The Kier molecular flexibility index (Phi) is 5.92. The number of nitrogens with one attached hydrogen (secondary N) is 1. The molecule has 0 spiro atoms. The molecular formula is C18H35NO. The highest BCUT2D eigenvalue weighted by Crippen LogP contribution is 2.36. The van der Waals surface area contributed by atoms with Crippen molar-refractivity contribution in [2.75, 3.05) is 6.54 Å². The van der Waals surface area contributed by atoms with Crippen LogP contribution >= 0.6 is 0 Å². The summed E-state index contributed by atoms with van der Waals surface area (Å²) >= 11 is 0. The predicted molar refractivity (Wildman–Crippen MR) is 85.8 cm³/mol. The van der Waals surface area contributed by atoms with Gasteiger partial charge in [-0.15, -0.1) is 0 Å². The predicted octanol–water partition coefficient (Wildman–Crippen LogP) is 4.12. The lowest BCUT2D eigenvalue weighted by Crippen LogP contribution is -2.35. The number of hydrogen-bond acceptors (Lipinski definition) is 2. The van der Waals surface area contributed by atoms with Crippen molar-refractivity contribution >= 4 is 0 Å². The molecule has 0 radical (unpaired) electrons. The van der Waals surface area contributed by atoms with E-state index in [1.165, 1.54) is 51.5 Å². The molecule has 0 amide bonds. The summed E-state index contributed by atoms with van der Waals surface area (Å²) < 4.78 is 0. The smallest absolute Gasteiger partial charge is 0.0540 e. The minimum absolute atomic E-state index is 0.0170. The summed E-state index contributed by atoms with van der Waals surface area (Å²) in [5.41, 5.74) is 0.481. The lowest BCUT2D eigenvalue weighted by atomic mass is 9.76. The average molecular weight is 281 g/mol. The maximum Gasteiger partial charge on any atom is 0.0540 e. The van der Waals surface area contributed by atoms with Gasteiger partial charge in [-0.1, -0.05) is 27.2 Å². The van der Waals surface area contributed by atoms with E-state index in [4.69, 9.17) is 0 Å². The van der Waals surface area contributed by atoms with Crippen LogP contribution in [-0.2, 0) is 0 Å². The monoisotopic (exact) mass is 281 g/mol. The first-order valence-corrected chi connectivity index (χ1v) is 8.86. The standard InChI is InChI=1S/C18H35NO/c1-18(2,3)15-5-4-6-16(10-9-15)19-13-14-7-11-17(20)12-8-14/h14-17,19-20H,4-13H2,1-3H3. The Balaban J connectivity index is 1.69. The molecule has 2 saturated carbocycles. The van der Waals surface area contributed by atoms with Gasteiger partial charge >= 0.3 is 0 Å². The summed E-state index contributed by atoms with van der Waals surface area (Å²) in [6.45, 7) is 8.38. The molecule has 2 nitrogen and oxygen atoms in total. The Morgan fingerprint density at radius 2 is 1.60 bits per heavy atom. The fraction of sp³-hybridized carbons (Fsp3) is 1.00. The van der Waals surface area contributed by atoms with Crippen molar-refractivity contribution in [2.45, 2.75) is 90.7 Å². The first kappa shape index (κ1) is 16.3. The van der Waals surface area contributed by atoms with Crippen LogP contribution in [0.4, 0.5) is 0 Å². The topological polar surface area (TPSA) is 32.3 Å². The van der Waals surface area contributed by atoms with Crippen LogP contribution in [0.5, 0.6) is 0 Å². The van der Waals surface area contributed by atoms with Crippen molar-refractivity contribution in [3.05, 3.63) is 0 Å². The first-order valence-electron chi connectivity index (χ1n) is 8.86. The molecule has 0 aromatic carbocycles. The largest absolute Gasteiger partial charge is 0.393 e. The third kappa shape index (κ3) is 5.04. The van der Waals surface area contributed by atoms with Crippen molar-refractivity contribution in [3.8, 4) is 0 Å². The summed E-state index contributed by atoms with van der Waals surface area (Å²) in [7, 11) is 0. The third-order valence-corrected chi connectivity index (χ3v) is 5.70. The molecular weight excluding hydrogens is 246 g/mol. The highest BCUT2D eigenvalue weighted by atomic mass is 16.3. The molecule has 2 unspecified atom stereocenters. The average Bonchev–Trinajstić information content (AvgIpc) is 2.63. The normalized spacial score (nSPS) is 36.6. The summed E-state index contributed by atoms with van der Waals surface area (Å²) in [4.78, 5) is 0. The third-order valence-electron chi connectivity index (χ3n) is 5.70. The number of aliphatic hydroxyl groups excluding tert-OH is 1. The second kappa shape index (κ2) is 7.26. The number of aliphatic hydroxyl groups is 1. The number of rotatable bonds is 3. The van der Waals surface area contributed by atoms with E-state index in [2.05, 4.69) is 26.1 Å². The Morgan fingerprint density at radius 1 is 0.900 bits per heavy atom. The van der Waals surface area contributed by atoms with Crippen LogP contribution < -0.4 is 5.32 Å². The SMILES string of the molecule is CC(C)(C)C1CCCC(NCC2CCC(O)CC2)CC1. The van der Waals surface area contributed by atoms with E-state index in [1.807, 2.05) is 0 Å². The van der Waals surface area contributed by atoms with Gasteiger partial charge in [0.2, 0.25) is 0 Å². The van der Waals surface area contributed by atoms with Crippen LogP contribution in [0.15, 0.2) is 0 Å². The highest BCUT2D eigenvalue weighted by molar-refractivity contribution is 4.82. The zero-order chi connectivity index (χ0) is 14.6. The second-order valence-corrected chi connectivity index (χ2v) is 8.35. The molecule has 0 saturated heterocycles. The van der Waals surface area contributed by atoms with Gasteiger partial charge in [0.25, 0.3) is 0 Å². The van der Waals surface area contributed by atoms with Gasteiger partial charge < -0.3 is 10.4 Å². The molecule has 2 rings (SSSR count). The quantitative estimate of drug-likeness (QED) is 0.763. The van der Waals surface area contributed by atoms with Gasteiger partial charge in [0, 0.05) is 6.04 Å². The summed E-state index contributed by atoms with van der Waals surface area (Å²) in [6.07, 6.45) is 11.4.